The highest BCUT2D eigenvalue weighted by atomic mass is 79.9. The number of halogens is 2. The first kappa shape index (κ1) is 15.3. The first-order valence-electron chi connectivity index (χ1n) is 6.90. The molecule has 3 rings (SSSR count). The SMILES string of the molecule is O=C(NC1[C@@H]2CC[C@H]1CN(c1nnc(Br)s1)C2)OCCCl. The van der Waals surface area contributed by atoms with Gasteiger partial charge in [0.2, 0.25) is 5.13 Å². The van der Waals surface area contributed by atoms with Gasteiger partial charge in [0.15, 0.2) is 3.92 Å². The summed E-state index contributed by atoms with van der Waals surface area (Å²) in [5.41, 5.74) is 0. The van der Waals surface area contributed by atoms with Crippen LogP contribution in [0.4, 0.5) is 9.93 Å². The molecule has 0 aromatic carbocycles. The number of amides is 1. The number of carbonyl (C=O) groups is 1. The topological polar surface area (TPSA) is 67.4 Å². The minimum Gasteiger partial charge on any atom is -0.448 e. The number of alkyl carbamates (subject to hydrolysis) is 1. The Morgan fingerprint density at radius 2 is 2.14 bits per heavy atom. The Bertz CT molecular complexity index is 503. The fourth-order valence-electron chi connectivity index (χ4n) is 3.25. The molecule has 9 heteroatoms. The Hall–Kier alpha value is -0.600. The molecular weight excluding hydrogens is 380 g/mol. The van der Waals surface area contributed by atoms with Gasteiger partial charge in [-0.1, -0.05) is 11.3 Å². The van der Waals surface area contributed by atoms with E-state index in [0.717, 1.165) is 35.0 Å². The highest BCUT2D eigenvalue weighted by Gasteiger charge is 2.43. The zero-order chi connectivity index (χ0) is 14.8. The van der Waals surface area contributed by atoms with E-state index in [-0.39, 0.29) is 18.7 Å². The zero-order valence-corrected chi connectivity index (χ0v) is 14.5. The van der Waals surface area contributed by atoms with Crippen LogP contribution in [0.15, 0.2) is 3.92 Å². The first-order chi connectivity index (χ1) is 10.2. The molecule has 6 nitrogen and oxygen atoms in total. The van der Waals surface area contributed by atoms with Gasteiger partial charge in [0.05, 0.1) is 5.88 Å². The number of nitrogens with one attached hydrogen (secondary N) is 1. The van der Waals surface area contributed by atoms with E-state index in [2.05, 4.69) is 36.3 Å². The molecular formula is C12H16BrClN4O2S. The molecule has 1 aliphatic heterocycles. The minimum atomic E-state index is -0.357. The maximum absolute atomic E-state index is 11.7. The second-order valence-electron chi connectivity index (χ2n) is 5.34. The van der Waals surface area contributed by atoms with Gasteiger partial charge in [-0.2, -0.15) is 0 Å². The highest BCUT2D eigenvalue weighted by Crippen LogP contribution is 2.39. The number of aromatic nitrogens is 2. The van der Waals surface area contributed by atoms with Crippen LogP contribution in [0.1, 0.15) is 12.8 Å². The maximum atomic E-state index is 11.7. The van der Waals surface area contributed by atoms with E-state index in [9.17, 15) is 4.79 Å². The molecule has 1 aliphatic carbocycles. The average Bonchev–Trinajstić information content (AvgIpc) is 2.98. The van der Waals surface area contributed by atoms with Crippen molar-refractivity contribution in [1.29, 1.82) is 0 Å². The average molecular weight is 396 g/mol. The predicted octanol–water partition coefficient (Wildman–Crippen LogP) is 2.48. The van der Waals surface area contributed by atoms with Crippen molar-refractivity contribution >= 4 is 50.1 Å². The fourth-order valence-corrected chi connectivity index (χ4v) is 4.43. The highest BCUT2D eigenvalue weighted by molar-refractivity contribution is 9.11. The predicted molar refractivity (Wildman–Crippen MR) is 85.0 cm³/mol. The molecule has 2 fully saturated rings. The Morgan fingerprint density at radius 1 is 1.43 bits per heavy atom. The van der Waals surface area contributed by atoms with Crippen molar-refractivity contribution in [2.75, 3.05) is 30.5 Å². The summed E-state index contributed by atoms with van der Waals surface area (Å²) in [6.45, 7) is 2.05. The quantitative estimate of drug-likeness (QED) is 0.793. The third kappa shape index (κ3) is 3.43. The smallest absolute Gasteiger partial charge is 0.407 e. The summed E-state index contributed by atoms with van der Waals surface area (Å²) in [6.07, 6.45) is 1.90. The van der Waals surface area contributed by atoms with Crippen molar-refractivity contribution in [3.05, 3.63) is 3.92 Å². The molecule has 116 valence electrons. The van der Waals surface area contributed by atoms with E-state index >= 15 is 0 Å². The molecule has 1 aromatic rings. The largest absolute Gasteiger partial charge is 0.448 e. The minimum absolute atomic E-state index is 0.195. The second-order valence-corrected chi connectivity index (χ2v) is 7.95. The van der Waals surface area contributed by atoms with Gasteiger partial charge in [-0.05, 0) is 40.6 Å². The van der Waals surface area contributed by atoms with Gasteiger partial charge in [0.1, 0.15) is 6.61 Å². The van der Waals surface area contributed by atoms with Crippen LogP contribution in [0.3, 0.4) is 0 Å². The number of alkyl halides is 1. The number of rotatable bonds is 4. The summed E-state index contributed by atoms with van der Waals surface area (Å²) in [5, 5.41) is 12.1. The number of fused-ring (bicyclic) bond motifs is 2. The third-order valence-corrected chi connectivity index (χ3v) is 5.66. The van der Waals surface area contributed by atoms with Gasteiger partial charge in [0.25, 0.3) is 0 Å². The molecule has 1 aromatic heterocycles. The lowest BCUT2D eigenvalue weighted by molar-refractivity contribution is 0.140. The summed E-state index contributed by atoms with van der Waals surface area (Å²) in [6, 6.07) is 0.195. The summed E-state index contributed by atoms with van der Waals surface area (Å²) >= 11 is 10.4. The normalized spacial score (nSPS) is 27.7. The lowest BCUT2D eigenvalue weighted by Gasteiger charge is -2.37. The van der Waals surface area contributed by atoms with Gasteiger partial charge >= 0.3 is 6.09 Å². The Balaban J connectivity index is 1.60. The molecule has 2 bridgehead atoms. The van der Waals surface area contributed by atoms with Crippen LogP contribution in [-0.2, 0) is 4.74 Å². The number of ether oxygens (including phenoxy) is 1. The Kier molecular flexibility index (Phi) is 4.85. The van der Waals surface area contributed by atoms with Gasteiger partial charge in [-0.3, -0.25) is 0 Å². The maximum Gasteiger partial charge on any atom is 0.407 e. The number of anilines is 1. The van der Waals surface area contributed by atoms with Crippen molar-refractivity contribution in [2.45, 2.75) is 18.9 Å². The number of carbonyl (C=O) groups excluding carboxylic acids is 1. The van der Waals surface area contributed by atoms with Crippen molar-refractivity contribution in [1.82, 2.24) is 15.5 Å². The number of hydrogen-bond donors (Lipinski definition) is 1. The van der Waals surface area contributed by atoms with Crippen molar-refractivity contribution in [3.8, 4) is 0 Å². The second kappa shape index (κ2) is 6.66. The lowest BCUT2D eigenvalue weighted by Crippen LogP contribution is -2.52. The van der Waals surface area contributed by atoms with E-state index in [4.69, 9.17) is 16.3 Å². The lowest BCUT2D eigenvalue weighted by atomic mass is 9.92. The summed E-state index contributed by atoms with van der Waals surface area (Å²) in [4.78, 5) is 14.0. The van der Waals surface area contributed by atoms with Crippen LogP contribution in [-0.4, -0.2) is 47.9 Å². The van der Waals surface area contributed by atoms with Crippen molar-refractivity contribution < 1.29 is 9.53 Å². The Morgan fingerprint density at radius 3 is 2.71 bits per heavy atom. The van der Waals surface area contributed by atoms with E-state index in [1.165, 1.54) is 0 Å². The number of hydrogen-bond acceptors (Lipinski definition) is 6. The first-order valence-corrected chi connectivity index (χ1v) is 9.05. The van der Waals surface area contributed by atoms with Crippen LogP contribution >= 0.6 is 38.9 Å². The summed E-state index contributed by atoms with van der Waals surface area (Å²) in [5.74, 6) is 1.20. The van der Waals surface area contributed by atoms with Crippen LogP contribution < -0.4 is 10.2 Å². The molecule has 2 aliphatic rings. The number of piperidine rings is 1. The summed E-state index contributed by atoms with van der Waals surface area (Å²) in [7, 11) is 0. The van der Waals surface area contributed by atoms with E-state index in [1.807, 2.05) is 0 Å². The van der Waals surface area contributed by atoms with Crippen LogP contribution in [0.5, 0.6) is 0 Å². The molecule has 1 unspecified atom stereocenters. The van der Waals surface area contributed by atoms with Crippen LogP contribution in [0.25, 0.3) is 0 Å². The molecule has 0 radical (unpaired) electrons. The van der Waals surface area contributed by atoms with E-state index in [0.29, 0.717) is 17.7 Å². The van der Waals surface area contributed by atoms with Gasteiger partial charge < -0.3 is 15.0 Å². The van der Waals surface area contributed by atoms with Crippen molar-refractivity contribution in [3.63, 3.8) is 0 Å². The molecule has 2 heterocycles. The third-order valence-electron chi connectivity index (χ3n) is 4.09. The van der Waals surface area contributed by atoms with Crippen molar-refractivity contribution in [2.24, 2.45) is 11.8 Å². The molecule has 1 saturated heterocycles. The molecule has 1 saturated carbocycles. The molecule has 1 N–H and O–H groups in total. The van der Waals surface area contributed by atoms with Crippen LogP contribution in [0.2, 0.25) is 0 Å². The van der Waals surface area contributed by atoms with Crippen LogP contribution in [0, 0.1) is 11.8 Å². The van der Waals surface area contributed by atoms with Gasteiger partial charge in [-0.25, -0.2) is 4.79 Å². The van der Waals surface area contributed by atoms with E-state index < -0.39 is 0 Å². The van der Waals surface area contributed by atoms with Gasteiger partial charge in [0, 0.05) is 19.1 Å². The molecule has 0 spiro atoms. The molecule has 1 amide bonds. The standard InChI is InChI=1S/C12H16BrClN4O2S/c13-10-16-17-11(21-10)18-5-7-1-2-8(6-18)9(7)15-12(19)20-4-3-14/h7-9H,1-6H2,(H,15,19)/t7-,8+,9?. The zero-order valence-electron chi connectivity index (χ0n) is 11.3. The summed E-state index contributed by atoms with van der Waals surface area (Å²) < 4.78 is 5.81. The number of nitrogens with zero attached hydrogens (tertiary/aromatic N) is 3. The monoisotopic (exact) mass is 394 g/mol. The Labute approximate surface area is 140 Å². The fraction of sp³-hybridized carbons (Fsp3) is 0.750. The molecule has 21 heavy (non-hydrogen) atoms. The molecule has 3 atom stereocenters. The van der Waals surface area contributed by atoms with E-state index in [1.54, 1.807) is 11.3 Å². The van der Waals surface area contributed by atoms with Gasteiger partial charge in [-0.15, -0.1) is 21.8 Å².